The number of β-amino-alcohol motifs (C(OH)–C–C–N with tert-alkyl or cyclic N) is 1. The van der Waals surface area contributed by atoms with Gasteiger partial charge in [-0.2, -0.15) is 0 Å². The molecule has 1 aromatic carbocycles. The third kappa shape index (κ3) is 3.15. The molecule has 1 aliphatic rings. The molecular weight excluding hydrogens is 264 g/mol. The van der Waals surface area contributed by atoms with Crippen LogP contribution in [0.2, 0.25) is 0 Å². The standard InChI is InChI=1S/C16H22N4O/c1-13-19-8-9-20(13)15-5-3-2-4-14(15)10-18-12-16(21)6-7-17-11-16/h2-5,8-9,17-18,21H,6-7,10-12H2,1H3. The van der Waals surface area contributed by atoms with Gasteiger partial charge in [-0.05, 0) is 31.5 Å². The minimum absolute atomic E-state index is 0.608. The summed E-state index contributed by atoms with van der Waals surface area (Å²) < 4.78 is 2.09. The van der Waals surface area contributed by atoms with Crippen LogP contribution in [-0.2, 0) is 6.54 Å². The van der Waals surface area contributed by atoms with Crippen molar-refractivity contribution in [2.75, 3.05) is 19.6 Å². The van der Waals surface area contributed by atoms with E-state index in [1.54, 1.807) is 0 Å². The number of benzene rings is 1. The van der Waals surface area contributed by atoms with Crippen LogP contribution in [0.25, 0.3) is 5.69 Å². The highest BCUT2D eigenvalue weighted by Crippen LogP contribution is 2.17. The number of hydrogen-bond donors (Lipinski definition) is 3. The molecule has 0 amide bonds. The smallest absolute Gasteiger partial charge is 0.110 e. The Morgan fingerprint density at radius 2 is 2.29 bits per heavy atom. The highest BCUT2D eigenvalue weighted by atomic mass is 16.3. The van der Waals surface area contributed by atoms with Gasteiger partial charge in [0.05, 0.1) is 11.3 Å². The Hall–Kier alpha value is -1.69. The summed E-state index contributed by atoms with van der Waals surface area (Å²) in [6.45, 7) is 4.90. The summed E-state index contributed by atoms with van der Waals surface area (Å²) in [7, 11) is 0. The zero-order valence-electron chi connectivity index (χ0n) is 12.3. The number of imidazole rings is 1. The van der Waals surface area contributed by atoms with Gasteiger partial charge in [0, 0.05) is 32.0 Å². The molecule has 21 heavy (non-hydrogen) atoms. The monoisotopic (exact) mass is 286 g/mol. The van der Waals surface area contributed by atoms with Crippen molar-refractivity contribution in [3.8, 4) is 5.69 Å². The highest BCUT2D eigenvalue weighted by molar-refractivity contribution is 5.41. The Balaban J connectivity index is 1.70. The Bertz CT molecular complexity index is 602. The fourth-order valence-corrected chi connectivity index (χ4v) is 2.84. The Morgan fingerprint density at radius 1 is 1.43 bits per heavy atom. The van der Waals surface area contributed by atoms with Gasteiger partial charge in [-0.1, -0.05) is 18.2 Å². The van der Waals surface area contributed by atoms with Gasteiger partial charge >= 0.3 is 0 Å². The van der Waals surface area contributed by atoms with Crippen LogP contribution in [0.4, 0.5) is 0 Å². The van der Waals surface area contributed by atoms with Crippen LogP contribution >= 0.6 is 0 Å². The maximum atomic E-state index is 10.3. The second kappa shape index (κ2) is 5.97. The molecular formula is C16H22N4O. The second-order valence-corrected chi connectivity index (χ2v) is 5.73. The summed E-state index contributed by atoms with van der Waals surface area (Å²) in [6.07, 6.45) is 4.59. The predicted molar refractivity (Wildman–Crippen MR) is 82.4 cm³/mol. The van der Waals surface area contributed by atoms with Crippen molar-refractivity contribution in [1.82, 2.24) is 20.2 Å². The van der Waals surface area contributed by atoms with Crippen molar-refractivity contribution in [2.24, 2.45) is 0 Å². The van der Waals surface area contributed by atoms with Crippen LogP contribution < -0.4 is 10.6 Å². The lowest BCUT2D eigenvalue weighted by Crippen LogP contribution is -2.42. The maximum Gasteiger partial charge on any atom is 0.110 e. The molecule has 0 saturated carbocycles. The minimum Gasteiger partial charge on any atom is -0.387 e. The molecule has 0 aliphatic carbocycles. The van der Waals surface area contributed by atoms with E-state index in [4.69, 9.17) is 0 Å². The Labute approximate surface area is 125 Å². The summed E-state index contributed by atoms with van der Waals surface area (Å²) in [5.41, 5.74) is 1.73. The number of rotatable bonds is 5. The number of aromatic nitrogens is 2. The SMILES string of the molecule is Cc1nccn1-c1ccccc1CNCC1(O)CCNC1. The van der Waals surface area contributed by atoms with Crippen LogP contribution in [0.1, 0.15) is 17.8 Å². The van der Waals surface area contributed by atoms with E-state index in [2.05, 4.69) is 32.3 Å². The van der Waals surface area contributed by atoms with Crippen molar-refractivity contribution in [1.29, 1.82) is 0 Å². The van der Waals surface area contributed by atoms with E-state index in [1.165, 1.54) is 5.56 Å². The Morgan fingerprint density at radius 3 is 3.00 bits per heavy atom. The van der Waals surface area contributed by atoms with Crippen molar-refractivity contribution in [2.45, 2.75) is 25.5 Å². The molecule has 0 radical (unpaired) electrons. The predicted octanol–water partition coefficient (Wildman–Crippen LogP) is 0.995. The first kappa shape index (κ1) is 14.3. The minimum atomic E-state index is -0.611. The number of nitrogens with zero attached hydrogens (tertiary/aromatic N) is 2. The van der Waals surface area contributed by atoms with E-state index in [9.17, 15) is 5.11 Å². The molecule has 2 heterocycles. The molecule has 2 aromatic rings. The van der Waals surface area contributed by atoms with Crippen molar-refractivity contribution in [3.63, 3.8) is 0 Å². The third-order valence-corrected chi connectivity index (χ3v) is 4.07. The zero-order valence-corrected chi connectivity index (χ0v) is 12.3. The van der Waals surface area contributed by atoms with E-state index < -0.39 is 5.60 Å². The summed E-state index contributed by atoms with van der Waals surface area (Å²) in [4.78, 5) is 4.28. The average molecular weight is 286 g/mol. The zero-order chi connectivity index (χ0) is 14.7. The Kier molecular flexibility index (Phi) is 4.05. The van der Waals surface area contributed by atoms with E-state index in [1.807, 2.05) is 31.5 Å². The second-order valence-electron chi connectivity index (χ2n) is 5.73. The third-order valence-electron chi connectivity index (χ3n) is 4.07. The summed E-state index contributed by atoms with van der Waals surface area (Å²) >= 11 is 0. The lowest BCUT2D eigenvalue weighted by molar-refractivity contribution is 0.0609. The first-order valence-corrected chi connectivity index (χ1v) is 7.40. The first-order valence-electron chi connectivity index (χ1n) is 7.40. The molecule has 1 aliphatic heterocycles. The highest BCUT2D eigenvalue weighted by Gasteiger charge is 2.30. The summed E-state index contributed by atoms with van der Waals surface area (Å²) in [5, 5.41) is 16.9. The number of aryl methyl sites for hydroxylation is 1. The topological polar surface area (TPSA) is 62.1 Å². The molecule has 5 heteroatoms. The largest absolute Gasteiger partial charge is 0.387 e. The van der Waals surface area contributed by atoms with Gasteiger partial charge in [0.1, 0.15) is 5.82 Å². The van der Waals surface area contributed by atoms with Gasteiger partial charge in [0.25, 0.3) is 0 Å². The fourth-order valence-electron chi connectivity index (χ4n) is 2.84. The lowest BCUT2D eigenvalue weighted by atomic mass is 10.0. The van der Waals surface area contributed by atoms with Gasteiger partial charge < -0.3 is 20.3 Å². The lowest BCUT2D eigenvalue weighted by Gasteiger charge is -2.22. The molecule has 1 fully saturated rings. The summed E-state index contributed by atoms with van der Waals surface area (Å²) in [6, 6.07) is 8.28. The van der Waals surface area contributed by atoms with E-state index in [0.717, 1.165) is 31.0 Å². The van der Waals surface area contributed by atoms with Crippen LogP contribution in [0, 0.1) is 6.92 Å². The molecule has 0 spiro atoms. The van der Waals surface area contributed by atoms with Crippen molar-refractivity contribution >= 4 is 0 Å². The van der Waals surface area contributed by atoms with Gasteiger partial charge in [0.2, 0.25) is 0 Å². The molecule has 1 unspecified atom stereocenters. The van der Waals surface area contributed by atoms with E-state index >= 15 is 0 Å². The summed E-state index contributed by atoms with van der Waals surface area (Å²) in [5.74, 6) is 0.973. The number of para-hydroxylation sites is 1. The van der Waals surface area contributed by atoms with Gasteiger partial charge in [-0.25, -0.2) is 4.98 Å². The number of hydrogen-bond acceptors (Lipinski definition) is 4. The van der Waals surface area contributed by atoms with Gasteiger partial charge in [-0.3, -0.25) is 0 Å². The van der Waals surface area contributed by atoms with Gasteiger partial charge in [-0.15, -0.1) is 0 Å². The molecule has 112 valence electrons. The number of nitrogens with one attached hydrogen (secondary N) is 2. The van der Waals surface area contributed by atoms with Crippen molar-refractivity contribution in [3.05, 3.63) is 48.0 Å². The van der Waals surface area contributed by atoms with Crippen LogP contribution in [0.15, 0.2) is 36.7 Å². The van der Waals surface area contributed by atoms with Crippen LogP contribution in [0.5, 0.6) is 0 Å². The molecule has 1 atom stereocenters. The maximum absolute atomic E-state index is 10.3. The molecule has 3 N–H and O–H groups in total. The molecule has 1 aromatic heterocycles. The van der Waals surface area contributed by atoms with E-state index in [0.29, 0.717) is 13.1 Å². The average Bonchev–Trinajstić information content (AvgIpc) is 3.09. The van der Waals surface area contributed by atoms with E-state index in [-0.39, 0.29) is 0 Å². The molecule has 0 bridgehead atoms. The normalized spacial score (nSPS) is 21.8. The van der Waals surface area contributed by atoms with Gasteiger partial charge in [0.15, 0.2) is 0 Å². The number of aliphatic hydroxyl groups is 1. The van der Waals surface area contributed by atoms with Crippen LogP contribution in [0.3, 0.4) is 0 Å². The quantitative estimate of drug-likeness (QED) is 0.767. The molecule has 5 nitrogen and oxygen atoms in total. The fraction of sp³-hybridized carbons (Fsp3) is 0.438. The molecule has 1 saturated heterocycles. The van der Waals surface area contributed by atoms with Crippen molar-refractivity contribution < 1.29 is 5.11 Å². The first-order chi connectivity index (χ1) is 10.2. The van der Waals surface area contributed by atoms with Crippen LogP contribution in [-0.4, -0.2) is 39.9 Å². The molecule has 3 rings (SSSR count).